The summed E-state index contributed by atoms with van der Waals surface area (Å²) in [6.07, 6.45) is 2.93. The molecule has 1 aliphatic heterocycles. The molecule has 30 heavy (non-hydrogen) atoms. The zero-order valence-corrected chi connectivity index (χ0v) is 17.5. The van der Waals surface area contributed by atoms with E-state index in [-0.39, 0.29) is 41.0 Å². The molecule has 3 heterocycles. The number of nitrogens with one attached hydrogen (secondary N) is 2. The number of anilines is 1. The fourth-order valence-corrected chi connectivity index (χ4v) is 3.23. The molecule has 4 rings (SSSR count). The van der Waals surface area contributed by atoms with E-state index in [2.05, 4.69) is 9.97 Å². The maximum Gasteiger partial charge on any atom is 0.299 e. The minimum Gasteiger partial charge on any atom is -0.475 e. The second-order valence-corrected chi connectivity index (χ2v) is 6.40. The Balaban J connectivity index is 0.00000124. The highest BCUT2D eigenvalue weighted by molar-refractivity contribution is 6.33. The van der Waals surface area contributed by atoms with Crippen molar-refractivity contribution >= 4 is 46.0 Å². The summed E-state index contributed by atoms with van der Waals surface area (Å²) < 4.78 is 12.1. The van der Waals surface area contributed by atoms with Crippen molar-refractivity contribution in [3.63, 3.8) is 0 Å². The van der Waals surface area contributed by atoms with Gasteiger partial charge in [-0.25, -0.2) is 9.97 Å². The van der Waals surface area contributed by atoms with E-state index in [0.29, 0.717) is 12.2 Å². The number of benzene rings is 1. The van der Waals surface area contributed by atoms with Crippen LogP contribution in [0.1, 0.15) is 31.1 Å². The molecule has 156 valence electrons. The van der Waals surface area contributed by atoms with Crippen LogP contribution < -0.4 is 9.64 Å². The Morgan fingerprint density at radius 1 is 1.23 bits per heavy atom. The van der Waals surface area contributed by atoms with E-state index in [1.54, 1.807) is 29.3 Å². The number of fused-ring (bicyclic) bond motifs is 2. The second-order valence-electron chi connectivity index (χ2n) is 6.04. The van der Waals surface area contributed by atoms with Gasteiger partial charge in [-0.1, -0.05) is 25.4 Å². The molecule has 0 spiro atoms. The van der Waals surface area contributed by atoms with Gasteiger partial charge in [-0.3, -0.25) is 20.2 Å². The van der Waals surface area contributed by atoms with Gasteiger partial charge in [0.25, 0.3) is 11.9 Å². The number of carbonyl (C=O) groups is 1. The van der Waals surface area contributed by atoms with Gasteiger partial charge in [0, 0.05) is 24.2 Å². The van der Waals surface area contributed by atoms with Crippen LogP contribution in [0.25, 0.3) is 10.9 Å². The number of rotatable bonds is 1. The normalized spacial score (nSPS) is 12.9. The van der Waals surface area contributed by atoms with E-state index in [4.69, 9.17) is 31.9 Å². The highest BCUT2D eigenvalue weighted by Crippen LogP contribution is 2.30. The molecule has 1 aromatic carbocycles. The Labute approximate surface area is 178 Å². The van der Waals surface area contributed by atoms with Gasteiger partial charge in [-0.05, 0) is 24.3 Å². The van der Waals surface area contributed by atoms with Crippen molar-refractivity contribution < 1.29 is 14.3 Å². The molecule has 0 saturated carbocycles. The zero-order valence-electron chi connectivity index (χ0n) is 16.8. The summed E-state index contributed by atoms with van der Waals surface area (Å²) in [5, 5.41) is 16.2. The Bertz CT molecular complexity index is 1130. The summed E-state index contributed by atoms with van der Waals surface area (Å²) in [6, 6.07) is 7.01. The van der Waals surface area contributed by atoms with Crippen LogP contribution in [0.2, 0.25) is 5.15 Å². The van der Waals surface area contributed by atoms with Gasteiger partial charge in [0.2, 0.25) is 5.88 Å². The highest BCUT2D eigenvalue weighted by atomic mass is 35.5. The summed E-state index contributed by atoms with van der Waals surface area (Å²) in [7, 11) is 0. The number of amides is 1. The van der Waals surface area contributed by atoms with Crippen LogP contribution >= 0.6 is 11.6 Å². The third kappa shape index (κ3) is 3.97. The van der Waals surface area contributed by atoms with Gasteiger partial charge < -0.3 is 14.4 Å². The monoisotopic (exact) mass is 428 g/mol. The van der Waals surface area contributed by atoms with Crippen molar-refractivity contribution in [2.45, 2.75) is 20.8 Å². The van der Waals surface area contributed by atoms with E-state index in [0.717, 1.165) is 10.9 Å². The number of carbonyl (C=O) groups excluding carboxylic acids is 1. The highest BCUT2D eigenvalue weighted by Gasteiger charge is 2.29. The van der Waals surface area contributed by atoms with E-state index in [1.165, 1.54) is 17.8 Å². The average molecular weight is 429 g/mol. The molecule has 0 aliphatic carbocycles. The van der Waals surface area contributed by atoms with Crippen LogP contribution in [0, 0.1) is 10.8 Å². The lowest BCUT2D eigenvalue weighted by Gasteiger charge is -2.20. The van der Waals surface area contributed by atoms with Gasteiger partial charge in [-0.2, -0.15) is 0 Å². The molecule has 1 amide bonds. The van der Waals surface area contributed by atoms with E-state index < -0.39 is 0 Å². The number of nitrogens with zero attached hydrogens (tertiary/aromatic N) is 4. The molecular weight excluding hydrogens is 408 g/mol. The zero-order chi connectivity index (χ0) is 21.8. The first-order valence-corrected chi connectivity index (χ1v) is 9.71. The maximum absolute atomic E-state index is 13.0. The molecule has 0 unspecified atom stereocenters. The van der Waals surface area contributed by atoms with E-state index >= 15 is 0 Å². The van der Waals surface area contributed by atoms with Gasteiger partial charge in [0.05, 0.1) is 12.1 Å². The van der Waals surface area contributed by atoms with Crippen molar-refractivity contribution in [2.24, 2.45) is 0 Å². The quantitative estimate of drug-likeness (QED) is 0.345. The van der Waals surface area contributed by atoms with Crippen LogP contribution in [0.4, 0.5) is 5.69 Å². The molecule has 10 heteroatoms. The molecule has 1 aliphatic rings. The minimum absolute atomic E-state index is 0.0433. The predicted octanol–water partition coefficient (Wildman–Crippen LogP) is 3.95. The SMILES string of the molecule is CC.CC(=N)OC(=N)n1ccc2cc(N3CCOc4ncnc(Cl)c4C3=O)ccc21. The van der Waals surface area contributed by atoms with Crippen LogP contribution in [0.3, 0.4) is 0 Å². The summed E-state index contributed by atoms with van der Waals surface area (Å²) in [5.41, 5.74) is 1.51. The summed E-state index contributed by atoms with van der Waals surface area (Å²) in [5.74, 6) is -0.240. The van der Waals surface area contributed by atoms with Crippen molar-refractivity contribution in [2.75, 3.05) is 18.1 Å². The summed E-state index contributed by atoms with van der Waals surface area (Å²) >= 11 is 6.10. The number of hydrogen-bond donors (Lipinski definition) is 2. The van der Waals surface area contributed by atoms with E-state index in [9.17, 15) is 4.79 Å². The Hall–Kier alpha value is -3.46. The summed E-state index contributed by atoms with van der Waals surface area (Å²) in [6.45, 7) is 6.05. The van der Waals surface area contributed by atoms with Crippen molar-refractivity contribution in [1.29, 1.82) is 10.8 Å². The molecule has 0 atom stereocenters. The topological polar surface area (TPSA) is 117 Å². The third-order valence-electron chi connectivity index (χ3n) is 4.23. The number of aromatic nitrogens is 3. The maximum atomic E-state index is 13.0. The molecule has 9 nitrogen and oxygen atoms in total. The lowest BCUT2D eigenvalue weighted by Crippen LogP contribution is -2.32. The number of halogens is 1. The van der Waals surface area contributed by atoms with Gasteiger partial charge in [0.1, 0.15) is 23.7 Å². The number of ether oxygens (including phenoxy) is 2. The molecule has 0 saturated heterocycles. The van der Waals surface area contributed by atoms with Crippen LogP contribution in [-0.2, 0) is 4.74 Å². The van der Waals surface area contributed by atoms with Crippen molar-refractivity contribution in [3.8, 4) is 5.88 Å². The smallest absolute Gasteiger partial charge is 0.299 e. The lowest BCUT2D eigenvalue weighted by atomic mass is 10.2. The molecular formula is C20H21ClN6O3. The molecule has 3 aromatic rings. The molecule has 2 N–H and O–H groups in total. The third-order valence-corrected chi connectivity index (χ3v) is 4.52. The Kier molecular flexibility index (Phi) is 6.31. The summed E-state index contributed by atoms with van der Waals surface area (Å²) in [4.78, 5) is 22.5. The Morgan fingerprint density at radius 3 is 2.73 bits per heavy atom. The van der Waals surface area contributed by atoms with Crippen LogP contribution in [0.15, 0.2) is 36.8 Å². The molecule has 0 fully saturated rings. The second kappa shape index (κ2) is 8.91. The van der Waals surface area contributed by atoms with Gasteiger partial charge in [-0.15, -0.1) is 0 Å². The standard InChI is InChI=1S/C18H15ClN6O3.C2H6/c1-10(20)28-18(21)25-5-4-11-8-12(2-3-13(11)25)24-6-7-27-16-14(17(24)26)15(19)22-9-23-16;1-2/h2-5,8-9,20-21H,6-7H2,1H3;1-2H3. The average Bonchev–Trinajstić information content (AvgIpc) is 3.07. The first-order chi connectivity index (χ1) is 14.5. The van der Waals surface area contributed by atoms with Gasteiger partial charge >= 0.3 is 0 Å². The first kappa shape index (κ1) is 21.3. The van der Waals surface area contributed by atoms with Crippen molar-refractivity contribution in [1.82, 2.24) is 14.5 Å². The molecule has 0 radical (unpaired) electrons. The number of hydrogen-bond acceptors (Lipinski definition) is 7. The minimum atomic E-state index is -0.340. The Morgan fingerprint density at radius 2 is 2.00 bits per heavy atom. The van der Waals surface area contributed by atoms with Gasteiger partial charge in [0.15, 0.2) is 5.90 Å². The first-order valence-electron chi connectivity index (χ1n) is 9.34. The fourth-order valence-electron chi connectivity index (χ4n) is 3.02. The lowest BCUT2D eigenvalue weighted by molar-refractivity contribution is 0.0989. The van der Waals surface area contributed by atoms with Crippen molar-refractivity contribution in [3.05, 3.63) is 47.5 Å². The largest absolute Gasteiger partial charge is 0.475 e. The van der Waals surface area contributed by atoms with E-state index in [1.807, 2.05) is 19.9 Å². The van der Waals surface area contributed by atoms with Crippen LogP contribution in [0.5, 0.6) is 5.88 Å². The van der Waals surface area contributed by atoms with Crippen LogP contribution in [-0.4, -0.2) is 45.5 Å². The predicted molar refractivity (Wildman–Crippen MR) is 115 cm³/mol. The fraction of sp³-hybridized carbons (Fsp3) is 0.250. The molecule has 2 aromatic heterocycles. The molecule has 0 bridgehead atoms.